The minimum Gasteiger partial charge on any atom is -0.390 e. The predicted molar refractivity (Wildman–Crippen MR) is 176 cm³/mol. The van der Waals surface area contributed by atoms with Crippen LogP contribution in [0.2, 0.25) is 0 Å². The standard InChI is InChI=1S/C38H62N2O7/c1-21-18-23(30(41)34(4,5)44)46-29-28(21)35(6)13-14-38-20-37(38)12-10-26(33(2,3)24(37)8-9-25(38)36(35,7)31(29)42)47-27-19-40(16-17-45-27)22-11-15-39-32(22)43/h21-31,41-42,44H,8-20H2,1-7H3,(H,39,43)/t21-,22?,23?,24+,25?,26?,27?,28?,29?,30?,31+,35?,36-,37?,38?/m1/s1. The fourth-order valence-corrected chi connectivity index (χ4v) is 14.3. The van der Waals surface area contributed by atoms with Gasteiger partial charge >= 0.3 is 0 Å². The van der Waals surface area contributed by atoms with Gasteiger partial charge in [0.2, 0.25) is 5.91 Å². The van der Waals surface area contributed by atoms with Crippen LogP contribution >= 0.6 is 0 Å². The second-order valence-electron chi connectivity index (χ2n) is 19.2. The molecule has 15 atom stereocenters. The molecule has 8 fully saturated rings. The van der Waals surface area contributed by atoms with Gasteiger partial charge in [-0.05, 0) is 117 Å². The number of aliphatic hydroxyl groups is 3. The molecule has 5 aliphatic carbocycles. The van der Waals surface area contributed by atoms with Crippen LogP contribution in [0.3, 0.4) is 0 Å². The molecule has 266 valence electrons. The van der Waals surface area contributed by atoms with E-state index in [4.69, 9.17) is 14.2 Å². The van der Waals surface area contributed by atoms with E-state index in [0.717, 1.165) is 45.2 Å². The second kappa shape index (κ2) is 10.6. The first-order valence-electron chi connectivity index (χ1n) is 19.0. The van der Waals surface area contributed by atoms with Crippen molar-refractivity contribution >= 4 is 5.91 Å². The summed E-state index contributed by atoms with van der Waals surface area (Å²) in [4.78, 5) is 14.7. The largest absolute Gasteiger partial charge is 0.390 e. The van der Waals surface area contributed by atoms with Gasteiger partial charge in [0.15, 0.2) is 6.29 Å². The zero-order chi connectivity index (χ0) is 33.5. The Bertz CT molecular complexity index is 1270. The molecule has 0 aromatic rings. The van der Waals surface area contributed by atoms with E-state index in [9.17, 15) is 20.1 Å². The molecule has 47 heavy (non-hydrogen) atoms. The van der Waals surface area contributed by atoms with Gasteiger partial charge in [-0.15, -0.1) is 0 Å². The smallest absolute Gasteiger partial charge is 0.237 e. The lowest BCUT2D eigenvalue weighted by atomic mass is 9.41. The van der Waals surface area contributed by atoms with E-state index < -0.39 is 23.9 Å². The van der Waals surface area contributed by atoms with Crippen molar-refractivity contribution in [2.24, 2.45) is 50.7 Å². The Balaban J connectivity index is 1.02. The van der Waals surface area contributed by atoms with Crippen LogP contribution in [0.15, 0.2) is 0 Å². The average Bonchev–Trinajstić information content (AvgIpc) is 3.41. The number of aliphatic hydroxyl groups excluding tert-OH is 2. The highest BCUT2D eigenvalue weighted by molar-refractivity contribution is 5.83. The van der Waals surface area contributed by atoms with Crippen LogP contribution in [0.4, 0.5) is 0 Å². The van der Waals surface area contributed by atoms with Gasteiger partial charge in [0.1, 0.15) is 6.10 Å². The summed E-state index contributed by atoms with van der Waals surface area (Å²) < 4.78 is 19.7. The van der Waals surface area contributed by atoms with Crippen molar-refractivity contribution in [1.82, 2.24) is 10.2 Å². The summed E-state index contributed by atoms with van der Waals surface area (Å²) in [6, 6.07) is -0.0618. The summed E-state index contributed by atoms with van der Waals surface area (Å²) in [6.45, 7) is 18.1. The van der Waals surface area contributed by atoms with Crippen molar-refractivity contribution in [3.63, 3.8) is 0 Å². The highest BCUT2D eigenvalue weighted by atomic mass is 16.7. The fraction of sp³-hybridized carbons (Fsp3) is 0.974. The van der Waals surface area contributed by atoms with E-state index in [-0.39, 0.29) is 58.0 Å². The molecule has 0 bridgehead atoms. The zero-order valence-electron chi connectivity index (χ0n) is 30.0. The lowest BCUT2D eigenvalue weighted by Crippen LogP contribution is -2.60. The minimum absolute atomic E-state index is 0.00507. The van der Waals surface area contributed by atoms with Gasteiger partial charge in [0.05, 0.1) is 49.2 Å². The summed E-state index contributed by atoms with van der Waals surface area (Å²) in [5.74, 6) is 1.69. The number of hydrogen-bond acceptors (Lipinski definition) is 8. The van der Waals surface area contributed by atoms with Crippen LogP contribution in [0, 0.1) is 50.7 Å². The van der Waals surface area contributed by atoms with E-state index >= 15 is 0 Å². The highest BCUT2D eigenvalue weighted by Gasteiger charge is 2.84. The van der Waals surface area contributed by atoms with Gasteiger partial charge < -0.3 is 34.8 Å². The maximum atomic E-state index is 12.4. The Kier molecular flexibility index (Phi) is 7.53. The Morgan fingerprint density at radius 2 is 1.77 bits per heavy atom. The number of nitrogens with one attached hydrogen (secondary N) is 1. The number of nitrogens with zero attached hydrogens (tertiary/aromatic N) is 1. The lowest BCUT2D eigenvalue weighted by Gasteiger charge is -2.64. The molecule has 3 aliphatic heterocycles. The van der Waals surface area contributed by atoms with Crippen molar-refractivity contribution < 1.29 is 34.3 Å². The summed E-state index contributed by atoms with van der Waals surface area (Å²) in [5.41, 5.74) is -1.00. The summed E-state index contributed by atoms with van der Waals surface area (Å²) in [6.07, 6.45) is 7.10. The quantitative estimate of drug-likeness (QED) is 0.352. The Morgan fingerprint density at radius 1 is 1.04 bits per heavy atom. The molecule has 11 unspecified atom stereocenters. The molecule has 0 radical (unpaired) electrons. The van der Waals surface area contributed by atoms with E-state index in [1.165, 1.54) is 19.3 Å². The van der Waals surface area contributed by atoms with Crippen molar-refractivity contribution in [1.29, 1.82) is 0 Å². The number of carbonyl (C=O) groups excluding carboxylic acids is 1. The molecule has 8 aliphatic rings. The summed E-state index contributed by atoms with van der Waals surface area (Å²) >= 11 is 0. The predicted octanol–water partition coefficient (Wildman–Crippen LogP) is 3.86. The molecule has 8 rings (SSSR count). The minimum atomic E-state index is -1.26. The fourth-order valence-electron chi connectivity index (χ4n) is 14.3. The first kappa shape index (κ1) is 33.3. The maximum Gasteiger partial charge on any atom is 0.237 e. The van der Waals surface area contributed by atoms with Crippen LogP contribution in [-0.4, -0.2) is 101 Å². The molecule has 3 heterocycles. The number of ether oxygens (including phenoxy) is 3. The number of morpholine rings is 1. The monoisotopic (exact) mass is 658 g/mol. The van der Waals surface area contributed by atoms with Crippen LogP contribution in [0.5, 0.6) is 0 Å². The molecule has 0 aromatic carbocycles. The first-order chi connectivity index (χ1) is 22.0. The normalized spacial score (nSPS) is 54.4. The lowest BCUT2D eigenvalue weighted by molar-refractivity contribution is -0.250. The maximum absolute atomic E-state index is 12.4. The number of amides is 1. The number of carbonyl (C=O) groups is 1. The third kappa shape index (κ3) is 4.35. The summed E-state index contributed by atoms with van der Waals surface area (Å²) in [7, 11) is 0. The SMILES string of the molecule is C[C@@H]1CC(C(O)C(C)(C)O)OC2C1C1(C)CCC34CC35CCC(OC3CN(C6CCNC6=O)CCO3)C(C)(C)[C@@H]5CCC4[C@]1(C)[C@H]2O. The van der Waals surface area contributed by atoms with Crippen molar-refractivity contribution in [3.8, 4) is 0 Å². The van der Waals surface area contributed by atoms with Gasteiger partial charge in [0.25, 0.3) is 0 Å². The van der Waals surface area contributed by atoms with Crippen LogP contribution < -0.4 is 5.32 Å². The van der Waals surface area contributed by atoms with Crippen LogP contribution in [0.1, 0.15) is 106 Å². The third-order valence-corrected chi connectivity index (χ3v) is 16.7. The van der Waals surface area contributed by atoms with Gasteiger partial charge in [-0.2, -0.15) is 0 Å². The molecule has 4 N–H and O–H groups in total. The van der Waals surface area contributed by atoms with Crippen LogP contribution in [0.25, 0.3) is 0 Å². The van der Waals surface area contributed by atoms with Crippen LogP contribution in [-0.2, 0) is 19.0 Å². The molecule has 1 amide bonds. The number of fused-ring (bicyclic) bond motifs is 4. The molecule has 5 saturated carbocycles. The molecule has 0 aromatic heterocycles. The van der Waals surface area contributed by atoms with Crippen molar-refractivity contribution in [3.05, 3.63) is 0 Å². The Labute approximate surface area is 281 Å². The van der Waals surface area contributed by atoms with Crippen molar-refractivity contribution in [2.45, 2.75) is 155 Å². The zero-order valence-corrected chi connectivity index (χ0v) is 30.0. The summed E-state index contributed by atoms with van der Waals surface area (Å²) in [5, 5.41) is 37.1. The van der Waals surface area contributed by atoms with Gasteiger partial charge in [-0.1, -0.05) is 34.6 Å². The van der Waals surface area contributed by atoms with E-state index in [0.29, 0.717) is 42.7 Å². The molecular weight excluding hydrogens is 596 g/mol. The molecule has 2 spiro atoms. The van der Waals surface area contributed by atoms with E-state index in [1.807, 2.05) is 0 Å². The second-order valence-corrected chi connectivity index (χ2v) is 19.2. The van der Waals surface area contributed by atoms with Gasteiger partial charge in [0, 0.05) is 18.5 Å². The molecule has 3 saturated heterocycles. The third-order valence-electron chi connectivity index (χ3n) is 16.7. The Morgan fingerprint density at radius 3 is 2.47 bits per heavy atom. The topological polar surface area (TPSA) is 121 Å². The number of hydrogen-bond donors (Lipinski definition) is 4. The van der Waals surface area contributed by atoms with Gasteiger partial charge in [-0.3, -0.25) is 9.69 Å². The molecule has 9 nitrogen and oxygen atoms in total. The van der Waals surface area contributed by atoms with Gasteiger partial charge in [-0.25, -0.2) is 0 Å². The van der Waals surface area contributed by atoms with E-state index in [1.54, 1.807) is 13.8 Å². The van der Waals surface area contributed by atoms with E-state index in [2.05, 4.69) is 44.8 Å². The highest BCUT2D eigenvalue weighted by Crippen LogP contribution is 2.89. The van der Waals surface area contributed by atoms with Crippen molar-refractivity contribution in [2.75, 3.05) is 26.2 Å². The Hall–Kier alpha value is -0.810. The number of rotatable bonds is 5. The average molecular weight is 659 g/mol. The molecule has 9 heteroatoms. The first-order valence-corrected chi connectivity index (χ1v) is 19.0. The molecular formula is C38H62N2O7.